The molecule has 1 aromatic carbocycles. The fraction of sp³-hybridized carbons (Fsp3) is 0.400. The van der Waals surface area contributed by atoms with Crippen molar-refractivity contribution < 1.29 is 13.9 Å². The van der Waals surface area contributed by atoms with Crippen molar-refractivity contribution in [1.29, 1.82) is 0 Å². The minimum Gasteiger partial charge on any atom is -0.396 e. The summed E-state index contributed by atoms with van der Waals surface area (Å²) < 4.78 is 25.3. The van der Waals surface area contributed by atoms with Crippen molar-refractivity contribution in [3.8, 4) is 0 Å². The first-order valence-electron chi connectivity index (χ1n) is 4.28. The molecular formula is C10H10F2O. The van der Waals surface area contributed by atoms with Gasteiger partial charge in [0, 0.05) is 6.61 Å². The van der Waals surface area contributed by atoms with Gasteiger partial charge in [-0.1, -0.05) is 6.07 Å². The Balaban J connectivity index is 2.19. The Morgan fingerprint density at radius 2 is 2.08 bits per heavy atom. The molecule has 1 saturated carbocycles. The summed E-state index contributed by atoms with van der Waals surface area (Å²) in [4.78, 5) is 0. The molecule has 2 unspecified atom stereocenters. The average Bonchev–Trinajstić information content (AvgIpc) is 2.88. The fourth-order valence-corrected chi connectivity index (χ4v) is 1.60. The smallest absolute Gasteiger partial charge is 0.159 e. The van der Waals surface area contributed by atoms with Crippen LogP contribution in [0.4, 0.5) is 8.78 Å². The topological polar surface area (TPSA) is 20.2 Å². The number of rotatable bonds is 2. The molecule has 3 heteroatoms. The quantitative estimate of drug-likeness (QED) is 0.745. The van der Waals surface area contributed by atoms with Gasteiger partial charge in [-0.3, -0.25) is 0 Å². The number of halogens is 2. The predicted octanol–water partition coefficient (Wildman–Crippen LogP) is 2.06. The molecule has 2 atom stereocenters. The first kappa shape index (κ1) is 8.63. The number of benzene rings is 1. The van der Waals surface area contributed by atoms with Gasteiger partial charge in [-0.05, 0) is 36.0 Å². The van der Waals surface area contributed by atoms with Crippen LogP contribution in [0.25, 0.3) is 0 Å². The van der Waals surface area contributed by atoms with Gasteiger partial charge in [0.25, 0.3) is 0 Å². The van der Waals surface area contributed by atoms with Crippen molar-refractivity contribution >= 4 is 0 Å². The van der Waals surface area contributed by atoms with E-state index in [2.05, 4.69) is 0 Å². The third-order valence-electron chi connectivity index (χ3n) is 2.53. The van der Waals surface area contributed by atoms with Crippen LogP contribution in [0, 0.1) is 17.6 Å². The highest BCUT2D eigenvalue weighted by atomic mass is 19.2. The largest absolute Gasteiger partial charge is 0.396 e. The third kappa shape index (κ3) is 1.56. The van der Waals surface area contributed by atoms with E-state index in [0.717, 1.165) is 18.1 Å². The third-order valence-corrected chi connectivity index (χ3v) is 2.53. The SMILES string of the molecule is OCC1CC1c1ccc(F)c(F)c1. The molecule has 0 radical (unpaired) electrons. The monoisotopic (exact) mass is 184 g/mol. The molecule has 0 spiro atoms. The molecule has 0 heterocycles. The van der Waals surface area contributed by atoms with E-state index < -0.39 is 11.6 Å². The highest BCUT2D eigenvalue weighted by molar-refractivity contribution is 5.27. The fourth-order valence-electron chi connectivity index (χ4n) is 1.60. The van der Waals surface area contributed by atoms with E-state index in [-0.39, 0.29) is 18.4 Å². The minimum absolute atomic E-state index is 0.129. The zero-order valence-electron chi connectivity index (χ0n) is 7.00. The molecule has 0 aliphatic heterocycles. The van der Waals surface area contributed by atoms with Gasteiger partial charge in [0.2, 0.25) is 0 Å². The Morgan fingerprint density at radius 3 is 2.62 bits per heavy atom. The molecule has 1 N–H and O–H groups in total. The molecule has 2 rings (SSSR count). The van der Waals surface area contributed by atoms with Gasteiger partial charge in [0.15, 0.2) is 11.6 Å². The maximum atomic E-state index is 12.8. The van der Waals surface area contributed by atoms with Crippen molar-refractivity contribution in [1.82, 2.24) is 0 Å². The van der Waals surface area contributed by atoms with E-state index in [1.807, 2.05) is 0 Å². The Labute approximate surface area is 75.0 Å². The predicted molar refractivity (Wildman–Crippen MR) is 44.3 cm³/mol. The van der Waals surface area contributed by atoms with E-state index in [9.17, 15) is 8.78 Å². The number of hydrogen-bond donors (Lipinski definition) is 1. The summed E-state index contributed by atoms with van der Waals surface area (Å²) in [6.07, 6.45) is 0.877. The second-order valence-corrected chi connectivity index (χ2v) is 3.46. The first-order valence-corrected chi connectivity index (χ1v) is 4.28. The highest BCUT2D eigenvalue weighted by Crippen LogP contribution is 2.47. The van der Waals surface area contributed by atoms with Gasteiger partial charge < -0.3 is 5.11 Å². The summed E-state index contributed by atoms with van der Waals surface area (Å²) in [5.74, 6) is -1.16. The number of aliphatic hydroxyl groups is 1. The second kappa shape index (κ2) is 3.07. The lowest BCUT2D eigenvalue weighted by Gasteiger charge is -1.99. The van der Waals surface area contributed by atoms with Crippen LogP contribution in [0.2, 0.25) is 0 Å². The molecule has 1 aromatic rings. The summed E-state index contributed by atoms with van der Waals surface area (Å²) in [5, 5.41) is 8.79. The van der Waals surface area contributed by atoms with Crippen LogP contribution in [0.1, 0.15) is 17.9 Å². The van der Waals surface area contributed by atoms with Crippen LogP contribution >= 0.6 is 0 Å². The van der Waals surface area contributed by atoms with E-state index in [1.165, 1.54) is 6.07 Å². The van der Waals surface area contributed by atoms with Gasteiger partial charge in [-0.15, -0.1) is 0 Å². The molecule has 0 bridgehead atoms. The van der Waals surface area contributed by atoms with Gasteiger partial charge in [-0.25, -0.2) is 8.78 Å². The maximum Gasteiger partial charge on any atom is 0.159 e. The van der Waals surface area contributed by atoms with Gasteiger partial charge in [-0.2, -0.15) is 0 Å². The zero-order chi connectivity index (χ0) is 9.42. The number of aliphatic hydroxyl groups excluding tert-OH is 1. The van der Waals surface area contributed by atoms with E-state index in [0.29, 0.717) is 0 Å². The molecule has 70 valence electrons. The minimum atomic E-state index is -0.815. The second-order valence-electron chi connectivity index (χ2n) is 3.46. The van der Waals surface area contributed by atoms with Crippen LogP contribution < -0.4 is 0 Å². The Bertz CT molecular complexity index is 325. The molecule has 0 saturated heterocycles. The Morgan fingerprint density at radius 1 is 1.31 bits per heavy atom. The normalized spacial score (nSPS) is 26.1. The average molecular weight is 184 g/mol. The Hall–Kier alpha value is -0.960. The summed E-state index contributed by atoms with van der Waals surface area (Å²) in [6, 6.07) is 3.94. The lowest BCUT2D eigenvalue weighted by molar-refractivity contribution is 0.274. The molecule has 0 aromatic heterocycles. The van der Waals surface area contributed by atoms with Crippen LogP contribution in [-0.2, 0) is 0 Å². The van der Waals surface area contributed by atoms with Crippen molar-refractivity contribution in [2.75, 3.05) is 6.61 Å². The Kier molecular flexibility index (Phi) is 2.04. The highest BCUT2D eigenvalue weighted by Gasteiger charge is 2.37. The molecule has 1 fully saturated rings. The molecular weight excluding hydrogens is 174 g/mol. The molecule has 0 amide bonds. The van der Waals surface area contributed by atoms with Crippen molar-refractivity contribution in [3.63, 3.8) is 0 Å². The summed E-state index contributed by atoms with van der Waals surface area (Å²) in [7, 11) is 0. The van der Waals surface area contributed by atoms with E-state index in [1.54, 1.807) is 6.07 Å². The molecule has 13 heavy (non-hydrogen) atoms. The van der Waals surface area contributed by atoms with Crippen molar-refractivity contribution in [2.24, 2.45) is 5.92 Å². The lowest BCUT2D eigenvalue weighted by Crippen LogP contribution is -1.91. The van der Waals surface area contributed by atoms with Crippen molar-refractivity contribution in [3.05, 3.63) is 35.4 Å². The summed E-state index contributed by atoms with van der Waals surface area (Å²) >= 11 is 0. The maximum absolute atomic E-state index is 12.8. The summed E-state index contributed by atoms with van der Waals surface area (Å²) in [5.41, 5.74) is 0.790. The first-order chi connectivity index (χ1) is 6.22. The van der Waals surface area contributed by atoms with Crippen LogP contribution in [0.3, 0.4) is 0 Å². The number of hydrogen-bond acceptors (Lipinski definition) is 1. The zero-order valence-corrected chi connectivity index (χ0v) is 7.00. The van der Waals surface area contributed by atoms with Gasteiger partial charge in [0.05, 0.1) is 0 Å². The van der Waals surface area contributed by atoms with Gasteiger partial charge in [0.1, 0.15) is 0 Å². The standard InChI is InChI=1S/C10H10F2O/c11-9-2-1-6(4-10(9)12)8-3-7(8)5-13/h1-2,4,7-8,13H,3,5H2. The van der Waals surface area contributed by atoms with Gasteiger partial charge >= 0.3 is 0 Å². The van der Waals surface area contributed by atoms with Crippen molar-refractivity contribution in [2.45, 2.75) is 12.3 Å². The van der Waals surface area contributed by atoms with E-state index in [4.69, 9.17) is 5.11 Å². The molecule has 1 aliphatic rings. The summed E-state index contributed by atoms with van der Waals surface area (Å²) in [6.45, 7) is 0.129. The molecule has 1 nitrogen and oxygen atoms in total. The van der Waals surface area contributed by atoms with Crippen LogP contribution in [0.5, 0.6) is 0 Å². The van der Waals surface area contributed by atoms with Crippen LogP contribution in [0.15, 0.2) is 18.2 Å². The van der Waals surface area contributed by atoms with Crippen LogP contribution in [-0.4, -0.2) is 11.7 Å². The lowest BCUT2D eigenvalue weighted by atomic mass is 10.1. The van der Waals surface area contributed by atoms with E-state index >= 15 is 0 Å². The molecule has 1 aliphatic carbocycles.